The Morgan fingerprint density at radius 2 is 2.43 bits per heavy atom. The lowest BCUT2D eigenvalue weighted by atomic mass is 9.89. The Labute approximate surface area is 124 Å². The van der Waals surface area contributed by atoms with Gasteiger partial charge in [-0.1, -0.05) is 0 Å². The molecular formula is C16H20N2O3. The lowest BCUT2D eigenvalue weighted by molar-refractivity contribution is -0.0784. The molecular weight excluding hydrogens is 268 g/mol. The smallest absolute Gasteiger partial charge is 0.289 e. The second kappa shape index (κ2) is 5.90. The molecule has 3 heterocycles. The van der Waals surface area contributed by atoms with E-state index >= 15 is 0 Å². The Hall–Kier alpha value is -1.80. The monoisotopic (exact) mass is 288 g/mol. The van der Waals surface area contributed by atoms with Crippen LogP contribution in [0.4, 0.5) is 0 Å². The molecule has 0 N–H and O–H groups in total. The summed E-state index contributed by atoms with van der Waals surface area (Å²) >= 11 is 0. The second-order valence-electron chi connectivity index (χ2n) is 5.97. The summed E-state index contributed by atoms with van der Waals surface area (Å²) < 4.78 is 11.4. The van der Waals surface area contributed by atoms with Crippen LogP contribution >= 0.6 is 0 Å². The van der Waals surface area contributed by atoms with Crippen LogP contribution in [0.25, 0.3) is 0 Å². The Bertz CT molecular complexity index is 534. The van der Waals surface area contributed by atoms with Gasteiger partial charge in [-0.25, -0.2) is 0 Å². The van der Waals surface area contributed by atoms with Crippen molar-refractivity contribution in [1.82, 2.24) is 4.90 Å². The van der Waals surface area contributed by atoms with Crippen LogP contribution in [-0.2, 0) is 4.74 Å². The third-order valence-corrected chi connectivity index (χ3v) is 4.48. The van der Waals surface area contributed by atoms with E-state index in [-0.39, 0.29) is 17.6 Å². The highest BCUT2D eigenvalue weighted by atomic mass is 16.5. The largest absolute Gasteiger partial charge is 0.459 e. The minimum absolute atomic E-state index is 0.0526. The number of amides is 1. The second-order valence-corrected chi connectivity index (χ2v) is 5.97. The highest BCUT2D eigenvalue weighted by molar-refractivity contribution is 5.91. The Morgan fingerprint density at radius 3 is 3.19 bits per heavy atom. The van der Waals surface area contributed by atoms with Crippen molar-refractivity contribution >= 4 is 5.91 Å². The third-order valence-electron chi connectivity index (χ3n) is 4.48. The molecule has 5 nitrogen and oxygen atoms in total. The van der Waals surface area contributed by atoms with Crippen molar-refractivity contribution in [2.75, 3.05) is 13.1 Å². The van der Waals surface area contributed by atoms with Gasteiger partial charge in [0.2, 0.25) is 0 Å². The first-order chi connectivity index (χ1) is 10.2. The van der Waals surface area contributed by atoms with Gasteiger partial charge >= 0.3 is 0 Å². The molecule has 0 aromatic carbocycles. The van der Waals surface area contributed by atoms with Crippen LogP contribution in [0.5, 0.6) is 0 Å². The van der Waals surface area contributed by atoms with Crippen molar-refractivity contribution in [3.8, 4) is 6.07 Å². The summed E-state index contributed by atoms with van der Waals surface area (Å²) in [5.74, 6) is 0.342. The van der Waals surface area contributed by atoms with Gasteiger partial charge < -0.3 is 14.1 Å². The van der Waals surface area contributed by atoms with Gasteiger partial charge in [0.15, 0.2) is 5.76 Å². The highest BCUT2D eigenvalue weighted by Crippen LogP contribution is 2.39. The molecule has 112 valence electrons. The molecule has 1 spiro atoms. The van der Waals surface area contributed by atoms with Crippen molar-refractivity contribution in [1.29, 1.82) is 5.26 Å². The predicted octanol–water partition coefficient (Wildman–Crippen LogP) is 2.74. The fourth-order valence-corrected chi connectivity index (χ4v) is 3.45. The predicted molar refractivity (Wildman–Crippen MR) is 75.5 cm³/mol. The maximum Gasteiger partial charge on any atom is 0.289 e. The Morgan fingerprint density at radius 1 is 1.52 bits per heavy atom. The van der Waals surface area contributed by atoms with Crippen LogP contribution in [0.15, 0.2) is 22.8 Å². The van der Waals surface area contributed by atoms with Gasteiger partial charge in [0, 0.05) is 13.0 Å². The van der Waals surface area contributed by atoms with E-state index in [1.54, 1.807) is 12.1 Å². The molecule has 1 aromatic rings. The number of nitrogens with zero attached hydrogens (tertiary/aromatic N) is 2. The van der Waals surface area contributed by atoms with E-state index in [1.165, 1.54) is 6.26 Å². The summed E-state index contributed by atoms with van der Waals surface area (Å²) in [5.41, 5.74) is -0.208. The van der Waals surface area contributed by atoms with E-state index in [1.807, 2.05) is 4.90 Å². The number of likely N-dealkylation sites (tertiary alicyclic amines) is 1. The Kier molecular flexibility index (Phi) is 3.98. The lowest BCUT2D eigenvalue weighted by Crippen LogP contribution is -2.50. The maximum atomic E-state index is 12.4. The number of carbonyl (C=O) groups is 1. The normalized spacial score (nSPS) is 28.7. The number of rotatable bonds is 3. The first-order valence-corrected chi connectivity index (χ1v) is 7.60. The molecule has 2 aliphatic heterocycles. The van der Waals surface area contributed by atoms with Crippen molar-refractivity contribution in [2.45, 2.75) is 50.2 Å². The summed E-state index contributed by atoms with van der Waals surface area (Å²) in [6.45, 7) is 1.39. The van der Waals surface area contributed by atoms with Crippen LogP contribution < -0.4 is 0 Å². The molecule has 2 atom stereocenters. The van der Waals surface area contributed by atoms with E-state index in [2.05, 4.69) is 6.07 Å². The van der Waals surface area contributed by atoms with Gasteiger partial charge in [-0.15, -0.1) is 0 Å². The first kappa shape index (κ1) is 14.2. The Balaban J connectivity index is 1.64. The number of carbonyl (C=O) groups excluding carboxylic acids is 1. The van der Waals surface area contributed by atoms with Gasteiger partial charge in [0.1, 0.15) is 0 Å². The molecule has 1 amide bonds. The highest BCUT2D eigenvalue weighted by Gasteiger charge is 2.44. The van der Waals surface area contributed by atoms with Crippen LogP contribution in [-0.4, -0.2) is 35.6 Å². The molecule has 5 heteroatoms. The van der Waals surface area contributed by atoms with Crippen LogP contribution in [0.2, 0.25) is 0 Å². The average molecular weight is 288 g/mol. The minimum atomic E-state index is -0.208. The van der Waals surface area contributed by atoms with E-state index < -0.39 is 0 Å². The molecule has 2 fully saturated rings. The van der Waals surface area contributed by atoms with Crippen molar-refractivity contribution in [3.05, 3.63) is 24.2 Å². The summed E-state index contributed by atoms with van der Waals surface area (Å²) in [7, 11) is 0. The van der Waals surface area contributed by atoms with E-state index in [0.717, 1.165) is 38.6 Å². The first-order valence-electron chi connectivity index (χ1n) is 7.60. The van der Waals surface area contributed by atoms with Crippen LogP contribution in [0, 0.1) is 11.3 Å². The molecule has 0 saturated carbocycles. The molecule has 2 saturated heterocycles. The average Bonchev–Trinajstić information content (AvgIpc) is 3.15. The molecule has 0 radical (unpaired) electrons. The zero-order valence-corrected chi connectivity index (χ0v) is 12.1. The molecule has 21 heavy (non-hydrogen) atoms. The molecule has 0 aliphatic carbocycles. The van der Waals surface area contributed by atoms with Gasteiger partial charge in [0.05, 0.1) is 30.6 Å². The minimum Gasteiger partial charge on any atom is -0.459 e. The van der Waals surface area contributed by atoms with Gasteiger partial charge in [0.25, 0.3) is 5.91 Å². The molecule has 2 aliphatic rings. The number of hydrogen-bond acceptors (Lipinski definition) is 4. The molecule has 1 aromatic heterocycles. The quantitative estimate of drug-likeness (QED) is 0.857. The molecule has 0 bridgehead atoms. The maximum absolute atomic E-state index is 12.4. The van der Waals surface area contributed by atoms with Gasteiger partial charge in [-0.05, 0) is 44.2 Å². The molecule has 3 rings (SSSR count). The number of ether oxygens (including phenoxy) is 1. The lowest BCUT2D eigenvalue weighted by Gasteiger charge is -2.39. The van der Waals surface area contributed by atoms with Gasteiger partial charge in [-0.2, -0.15) is 5.26 Å². The SMILES string of the molecule is N#CCC[C@@H]1CC[C@]2(CCCN(C(=O)c3ccco3)C2)O1. The zero-order valence-electron chi connectivity index (χ0n) is 12.1. The third kappa shape index (κ3) is 2.96. The van der Waals surface area contributed by atoms with E-state index in [9.17, 15) is 4.79 Å². The topological polar surface area (TPSA) is 66.5 Å². The number of nitriles is 1. The zero-order chi connectivity index (χ0) is 14.7. The summed E-state index contributed by atoms with van der Waals surface area (Å²) in [5, 5.41) is 8.68. The fourth-order valence-electron chi connectivity index (χ4n) is 3.45. The number of hydrogen-bond donors (Lipinski definition) is 0. The van der Waals surface area contributed by atoms with Crippen molar-refractivity contribution < 1.29 is 13.9 Å². The summed E-state index contributed by atoms with van der Waals surface area (Å²) in [6, 6.07) is 5.61. The fraction of sp³-hybridized carbons (Fsp3) is 0.625. The summed E-state index contributed by atoms with van der Waals surface area (Å²) in [6.07, 6.45) is 6.95. The standard InChI is InChI=1S/C16H20N2O3/c17-9-1-4-13-6-8-16(21-13)7-3-10-18(12-16)15(19)14-5-2-11-20-14/h2,5,11,13H,1,3-4,6-8,10,12H2/t13-,16+/m1/s1. The van der Waals surface area contributed by atoms with Gasteiger partial charge in [-0.3, -0.25) is 4.79 Å². The number of piperidine rings is 1. The number of furan rings is 1. The molecule has 0 unspecified atom stereocenters. The van der Waals surface area contributed by atoms with Crippen molar-refractivity contribution in [3.63, 3.8) is 0 Å². The van der Waals surface area contributed by atoms with E-state index in [0.29, 0.717) is 18.7 Å². The van der Waals surface area contributed by atoms with Crippen LogP contribution in [0.3, 0.4) is 0 Å². The van der Waals surface area contributed by atoms with E-state index in [4.69, 9.17) is 14.4 Å². The summed E-state index contributed by atoms with van der Waals surface area (Å²) in [4.78, 5) is 14.2. The van der Waals surface area contributed by atoms with Crippen molar-refractivity contribution in [2.24, 2.45) is 0 Å². The van der Waals surface area contributed by atoms with Crippen LogP contribution in [0.1, 0.15) is 49.1 Å².